The van der Waals surface area contributed by atoms with Crippen LogP contribution < -0.4 is 5.32 Å². The first-order valence-corrected chi connectivity index (χ1v) is 9.98. The Bertz CT molecular complexity index is 1150. The lowest BCUT2D eigenvalue weighted by Crippen LogP contribution is -2.20. The molecule has 0 saturated carbocycles. The van der Waals surface area contributed by atoms with Gasteiger partial charge < -0.3 is 5.32 Å². The minimum Gasteiger partial charge on any atom is -0.348 e. The molecule has 1 aromatic heterocycles. The van der Waals surface area contributed by atoms with Crippen molar-refractivity contribution in [2.75, 3.05) is 0 Å². The molecule has 30 heavy (non-hydrogen) atoms. The van der Waals surface area contributed by atoms with Crippen molar-refractivity contribution in [2.24, 2.45) is 0 Å². The van der Waals surface area contributed by atoms with Gasteiger partial charge in [0, 0.05) is 35.0 Å². The van der Waals surface area contributed by atoms with Crippen LogP contribution in [0.5, 0.6) is 0 Å². The molecule has 0 aliphatic carbocycles. The molecule has 1 N–H and O–H groups in total. The van der Waals surface area contributed by atoms with Crippen LogP contribution in [0.15, 0.2) is 97.2 Å². The second-order valence-electron chi connectivity index (χ2n) is 6.75. The Morgan fingerprint density at radius 1 is 0.933 bits per heavy atom. The molecule has 0 unspecified atom stereocenters. The molecule has 0 bridgehead atoms. The smallest absolute Gasteiger partial charge is 0.244 e. The van der Waals surface area contributed by atoms with Crippen molar-refractivity contribution in [3.05, 3.63) is 113 Å². The summed E-state index contributed by atoms with van der Waals surface area (Å²) in [5.41, 5.74) is 4.68. The van der Waals surface area contributed by atoms with Crippen LogP contribution in [0.4, 0.5) is 0 Å². The van der Waals surface area contributed by atoms with Crippen molar-refractivity contribution >= 4 is 23.6 Å². The van der Waals surface area contributed by atoms with Crippen LogP contribution in [0.1, 0.15) is 11.1 Å². The highest BCUT2D eigenvalue weighted by molar-refractivity contribution is 6.30. The van der Waals surface area contributed by atoms with E-state index in [-0.39, 0.29) is 5.91 Å². The summed E-state index contributed by atoms with van der Waals surface area (Å²) in [5.74, 6) is -0.170. The van der Waals surface area contributed by atoms with E-state index >= 15 is 0 Å². The number of rotatable bonds is 6. The normalized spacial score (nSPS) is 11.0. The van der Waals surface area contributed by atoms with Crippen molar-refractivity contribution in [2.45, 2.75) is 6.54 Å². The first kappa shape index (κ1) is 19.7. The van der Waals surface area contributed by atoms with Crippen molar-refractivity contribution in [3.8, 4) is 16.9 Å². The van der Waals surface area contributed by atoms with E-state index in [4.69, 9.17) is 16.7 Å². The average molecular weight is 414 g/mol. The molecule has 0 radical (unpaired) electrons. The number of nitrogens with one attached hydrogen (secondary N) is 1. The highest BCUT2D eigenvalue weighted by Gasteiger charge is 2.12. The van der Waals surface area contributed by atoms with E-state index < -0.39 is 0 Å². The van der Waals surface area contributed by atoms with Gasteiger partial charge in [0.1, 0.15) is 0 Å². The number of hydrogen-bond acceptors (Lipinski definition) is 2. The zero-order chi connectivity index (χ0) is 20.8. The quantitative estimate of drug-likeness (QED) is 0.423. The summed E-state index contributed by atoms with van der Waals surface area (Å²) in [6.07, 6.45) is 5.24. The Balaban J connectivity index is 1.53. The minimum atomic E-state index is -0.170. The summed E-state index contributed by atoms with van der Waals surface area (Å²) in [6.45, 7) is 0.376. The van der Waals surface area contributed by atoms with Crippen LogP contribution in [0, 0.1) is 0 Å². The number of halogens is 1. The van der Waals surface area contributed by atoms with Gasteiger partial charge in [0.25, 0.3) is 0 Å². The van der Waals surface area contributed by atoms with Crippen molar-refractivity contribution in [1.82, 2.24) is 15.1 Å². The third kappa shape index (κ3) is 4.85. The van der Waals surface area contributed by atoms with Gasteiger partial charge in [-0.2, -0.15) is 5.10 Å². The van der Waals surface area contributed by atoms with Gasteiger partial charge >= 0.3 is 0 Å². The number of aromatic nitrogens is 2. The minimum absolute atomic E-state index is 0.170. The molecule has 3 aromatic carbocycles. The van der Waals surface area contributed by atoms with Gasteiger partial charge in [0.05, 0.1) is 11.4 Å². The largest absolute Gasteiger partial charge is 0.348 e. The Labute approximate surface area is 180 Å². The van der Waals surface area contributed by atoms with Crippen LogP contribution in [0.2, 0.25) is 5.02 Å². The lowest BCUT2D eigenvalue weighted by Gasteiger charge is -2.03. The highest BCUT2D eigenvalue weighted by atomic mass is 35.5. The topological polar surface area (TPSA) is 46.9 Å². The summed E-state index contributed by atoms with van der Waals surface area (Å²) in [5, 5.41) is 8.38. The lowest BCUT2D eigenvalue weighted by molar-refractivity contribution is -0.116. The molecular weight excluding hydrogens is 394 g/mol. The van der Waals surface area contributed by atoms with Crippen molar-refractivity contribution < 1.29 is 4.79 Å². The maximum absolute atomic E-state index is 12.3. The molecule has 4 rings (SSSR count). The molecule has 0 saturated heterocycles. The zero-order valence-electron chi connectivity index (χ0n) is 16.2. The summed E-state index contributed by atoms with van der Waals surface area (Å²) in [4.78, 5) is 12.3. The number of carbonyl (C=O) groups excluding carboxylic acids is 1. The zero-order valence-corrected chi connectivity index (χ0v) is 17.0. The first-order valence-electron chi connectivity index (χ1n) is 9.60. The van der Waals surface area contributed by atoms with Gasteiger partial charge in [-0.1, -0.05) is 72.3 Å². The first-order chi connectivity index (χ1) is 14.7. The lowest BCUT2D eigenvalue weighted by atomic mass is 10.1. The molecule has 0 aliphatic heterocycles. The summed E-state index contributed by atoms with van der Waals surface area (Å²) in [6, 6.07) is 27.2. The van der Waals surface area contributed by atoms with E-state index in [1.807, 2.05) is 83.7 Å². The second-order valence-corrected chi connectivity index (χ2v) is 7.19. The number of para-hydroxylation sites is 1. The van der Waals surface area contributed by atoms with Crippen molar-refractivity contribution in [1.29, 1.82) is 0 Å². The number of benzene rings is 3. The average Bonchev–Trinajstić information content (AvgIpc) is 3.23. The maximum atomic E-state index is 12.3. The Morgan fingerprint density at radius 3 is 2.30 bits per heavy atom. The number of nitrogens with zero attached hydrogens (tertiary/aromatic N) is 2. The molecule has 5 heteroatoms. The number of amides is 1. The molecule has 4 aromatic rings. The predicted molar refractivity (Wildman–Crippen MR) is 121 cm³/mol. The number of carbonyl (C=O) groups is 1. The summed E-state index contributed by atoms with van der Waals surface area (Å²) < 4.78 is 1.84. The molecular formula is C25H20ClN3O. The van der Waals surface area contributed by atoms with Gasteiger partial charge in [-0.05, 0) is 35.9 Å². The molecule has 0 spiro atoms. The fourth-order valence-corrected chi connectivity index (χ4v) is 3.20. The van der Waals surface area contributed by atoms with E-state index in [1.54, 1.807) is 18.2 Å². The van der Waals surface area contributed by atoms with Gasteiger partial charge in [-0.25, -0.2) is 4.68 Å². The van der Waals surface area contributed by atoms with Gasteiger partial charge in [-0.15, -0.1) is 0 Å². The molecule has 0 fully saturated rings. The molecule has 0 aliphatic rings. The third-order valence-electron chi connectivity index (χ3n) is 4.61. The molecule has 1 heterocycles. The Kier molecular flexibility index (Phi) is 6.06. The van der Waals surface area contributed by atoms with Crippen LogP contribution in [-0.2, 0) is 11.3 Å². The van der Waals surface area contributed by atoms with E-state index in [9.17, 15) is 4.79 Å². The summed E-state index contributed by atoms with van der Waals surface area (Å²) >= 11 is 5.89. The van der Waals surface area contributed by atoms with Crippen LogP contribution in [0.3, 0.4) is 0 Å². The standard InChI is InChI=1S/C25H20ClN3O/c26-22-14-11-19(12-15-22)13-16-24(30)27-17-21-18-29(23-9-5-2-6-10-23)28-25(21)20-7-3-1-4-8-20/h1-16,18H,17H2,(H,27,30)/b16-13+. The monoisotopic (exact) mass is 413 g/mol. The third-order valence-corrected chi connectivity index (χ3v) is 4.86. The van der Waals surface area contributed by atoms with Gasteiger partial charge in [-0.3, -0.25) is 4.79 Å². The molecule has 0 atom stereocenters. The molecule has 148 valence electrons. The van der Waals surface area contributed by atoms with E-state index in [0.717, 1.165) is 28.1 Å². The van der Waals surface area contributed by atoms with E-state index in [1.165, 1.54) is 6.08 Å². The fourth-order valence-electron chi connectivity index (χ4n) is 3.08. The maximum Gasteiger partial charge on any atom is 0.244 e. The highest BCUT2D eigenvalue weighted by Crippen LogP contribution is 2.23. The van der Waals surface area contributed by atoms with Crippen LogP contribution >= 0.6 is 11.6 Å². The van der Waals surface area contributed by atoms with Crippen molar-refractivity contribution in [3.63, 3.8) is 0 Å². The fraction of sp³-hybridized carbons (Fsp3) is 0.0400. The van der Waals surface area contributed by atoms with E-state index in [2.05, 4.69) is 5.32 Å². The predicted octanol–water partition coefficient (Wildman–Crippen LogP) is 5.52. The molecule has 1 amide bonds. The van der Waals surface area contributed by atoms with Gasteiger partial charge in [0.15, 0.2) is 0 Å². The van der Waals surface area contributed by atoms with E-state index in [0.29, 0.717) is 11.6 Å². The van der Waals surface area contributed by atoms with Crippen LogP contribution in [-0.4, -0.2) is 15.7 Å². The van der Waals surface area contributed by atoms with Crippen LogP contribution in [0.25, 0.3) is 23.0 Å². The summed E-state index contributed by atoms with van der Waals surface area (Å²) in [7, 11) is 0. The number of hydrogen-bond donors (Lipinski definition) is 1. The Hall–Kier alpha value is -3.63. The molecule has 4 nitrogen and oxygen atoms in total. The second kappa shape index (κ2) is 9.25. The Morgan fingerprint density at radius 2 is 1.60 bits per heavy atom. The van der Waals surface area contributed by atoms with Gasteiger partial charge in [0.2, 0.25) is 5.91 Å². The SMILES string of the molecule is O=C(/C=C/c1ccc(Cl)cc1)NCc1cn(-c2ccccc2)nc1-c1ccccc1.